The molecule has 0 spiro atoms. The molecule has 0 unspecified atom stereocenters. The highest BCUT2D eigenvalue weighted by atomic mass is 127. The largest absolute Gasteiger partial charge is 0.493 e. The molecule has 10 heteroatoms. The Hall–Kier alpha value is -3.90. The van der Waals surface area contributed by atoms with Gasteiger partial charge >= 0.3 is 5.97 Å². The van der Waals surface area contributed by atoms with Gasteiger partial charge in [-0.1, -0.05) is 59.9 Å². The molecule has 1 aliphatic heterocycles. The van der Waals surface area contributed by atoms with Crippen LogP contribution in [-0.2, 0) is 16.1 Å². The van der Waals surface area contributed by atoms with Crippen molar-refractivity contribution in [3.8, 4) is 17.2 Å². The van der Waals surface area contributed by atoms with E-state index in [1.165, 1.54) is 11.3 Å². The van der Waals surface area contributed by atoms with Crippen molar-refractivity contribution in [3.05, 3.63) is 118 Å². The van der Waals surface area contributed by atoms with E-state index >= 15 is 0 Å². The van der Waals surface area contributed by atoms with Gasteiger partial charge in [0.2, 0.25) is 0 Å². The number of allylic oxidation sites excluding steroid dienone is 1. The fourth-order valence-electron chi connectivity index (χ4n) is 5.00. The highest BCUT2D eigenvalue weighted by Crippen LogP contribution is 2.37. The molecule has 1 aromatic heterocycles. The van der Waals surface area contributed by atoms with Crippen LogP contribution in [0.2, 0.25) is 0 Å². The minimum absolute atomic E-state index is 0.111. The lowest BCUT2D eigenvalue weighted by molar-refractivity contribution is -0.139. The maximum Gasteiger partial charge on any atom is 0.338 e. The van der Waals surface area contributed by atoms with Crippen LogP contribution in [0.1, 0.15) is 50.4 Å². The number of para-hydroxylation sites is 1. The summed E-state index contributed by atoms with van der Waals surface area (Å²) >= 11 is 3.48. The third kappa shape index (κ3) is 6.61. The van der Waals surface area contributed by atoms with E-state index in [1.54, 1.807) is 25.5 Å². The molecule has 1 aliphatic rings. The SMILES string of the molecule is CCOC(=O)C1=C(C)N=c2s/c(=C/c3cc(I)c(OCc4ccccc4)c(OC)c3)c(=O)n2[C@@H]1c1ccccc1OC(C)C. The van der Waals surface area contributed by atoms with Gasteiger partial charge in [-0.15, -0.1) is 0 Å². The highest BCUT2D eigenvalue weighted by molar-refractivity contribution is 14.1. The van der Waals surface area contributed by atoms with Crippen molar-refractivity contribution in [2.45, 2.75) is 46.4 Å². The molecule has 0 saturated heterocycles. The molecule has 0 bridgehead atoms. The number of hydrogen-bond donors (Lipinski definition) is 0. The second kappa shape index (κ2) is 13.8. The van der Waals surface area contributed by atoms with Crippen LogP contribution < -0.4 is 29.1 Å². The summed E-state index contributed by atoms with van der Waals surface area (Å²) in [7, 11) is 1.59. The Kier molecular flexibility index (Phi) is 9.90. The quantitative estimate of drug-likeness (QED) is 0.152. The molecule has 3 aromatic carbocycles. The maximum atomic E-state index is 14.1. The topological polar surface area (TPSA) is 88.4 Å². The standard InChI is InChI=1S/C34H33IN2O6S/c1-6-41-33(39)29-21(4)36-34-37(30(29)24-14-10-11-15-26(24)43-20(2)3)32(38)28(44-34)18-23-16-25(35)31(27(17-23)40-5)42-19-22-12-8-7-9-13-22/h7-18,20,30H,6,19H2,1-5H3/b28-18+/t30-/m1/s1. The number of methoxy groups -OCH3 is 1. The zero-order chi connectivity index (χ0) is 31.4. The summed E-state index contributed by atoms with van der Waals surface area (Å²) in [5, 5.41) is 0. The first-order valence-electron chi connectivity index (χ1n) is 14.2. The highest BCUT2D eigenvalue weighted by Gasteiger charge is 2.35. The average molecular weight is 725 g/mol. The van der Waals surface area contributed by atoms with Gasteiger partial charge in [-0.3, -0.25) is 9.36 Å². The molecule has 4 aromatic rings. The normalized spacial score (nSPS) is 14.7. The molecule has 0 saturated carbocycles. The first kappa shape index (κ1) is 31.5. The monoisotopic (exact) mass is 724 g/mol. The summed E-state index contributed by atoms with van der Waals surface area (Å²) in [6, 6.07) is 20.4. The summed E-state index contributed by atoms with van der Waals surface area (Å²) in [5.74, 6) is 1.26. The molecular weight excluding hydrogens is 691 g/mol. The van der Waals surface area contributed by atoms with E-state index in [1.807, 2.05) is 86.7 Å². The number of nitrogens with zero attached hydrogens (tertiary/aromatic N) is 2. The molecule has 44 heavy (non-hydrogen) atoms. The van der Waals surface area contributed by atoms with E-state index in [4.69, 9.17) is 23.9 Å². The second-order valence-corrected chi connectivity index (χ2v) is 12.5. The molecule has 0 aliphatic carbocycles. The number of fused-ring (bicyclic) bond motifs is 1. The summed E-state index contributed by atoms with van der Waals surface area (Å²) in [6.45, 7) is 7.98. The number of esters is 1. The van der Waals surface area contributed by atoms with Gasteiger partial charge in [-0.05, 0) is 85.7 Å². The van der Waals surface area contributed by atoms with Crippen LogP contribution in [0, 0.1) is 3.57 Å². The Labute approximate surface area is 273 Å². The van der Waals surface area contributed by atoms with Gasteiger partial charge in [0.05, 0.1) is 39.2 Å². The van der Waals surface area contributed by atoms with E-state index in [0.29, 0.717) is 50.0 Å². The van der Waals surface area contributed by atoms with Gasteiger partial charge in [-0.25, -0.2) is 9.79 Å². The molecule has 5 rings (SSSR count). The molecule has 0 fully saturated rings. The average Bonchev–Trinajstić information content (AvgIpc) is 3.30. The Morgan fingerprint density at radius 2 is 1.82 bits per heavy atom. The fraction of sp³-hybridized carbons (Fsp3) is 0.265. The molecule has 8 nitrogen and oxygen atoms in total. The number of rotatable bonds is 10. The van der Waals surface area contributed by atoms with E-state index in [-0.39, 0.29) is 18.3 Å². The molecule has 0 amide bonds. The van der Waals surface area contributed by atoms with Gasteiger partial charge in [0, 0.05) is 5.56 Å². The zero-order valence-electron chi connectivity index (χ0n) is 25.1. The van der Waals surface area contributed by atoms with Crippen molar-refractivity contribution in [3.63, 3.8) is 0 Å². The first-order valence-corrected chi connectivity index (χ1v) is 16.1. The van der Waals surface area contributed by atoms with Crippen LogP contribution in [0.5, 0.6) is 17.2 Å². The summed E-state index contributed by atoms with van der Waals surface area (Å²) in [6.07, 6.45) is 1.70. The van der Waals surface area contributed by atoms with Crippen molar-refractivity contribution in [2.24, 2.45) is 4.99 Å². The van der Waals surface area contributed by atoms with Crippen molar-refractivity contribution >= 4 is 46.0 Å². The van der Waals surface area contributed by atoms with Gasteiger partial charge in [0.15, 0.2) is 16.3 Å². The number of benzene rings is 3. The number of carbonyl (C=O) groups is 1. The first-order chi connectivity index (χ1) is 21.2. The van der Waals surface area contributed by atoms with E-state index < -0.39 is 12.0 Å². The summed E-state index contributed by atoms with van der Waals surface area (Å²) < 4.78 is 26.2. The van der Waals surface area contributed by atoms with E-state index in [9.17, 15) is 9.59 Å². The minimum atomic E-state index is -0.772. The predicted molar refractivity (Wildman–Crippen MR) is 179 cm³/mol. The van der Waals surface area contributed by atoms with Crippen LogP contribution in [0.25, 0.3) is 6.08 Å². The summed E-state index contributed by atoms with van der Waals surface area (Å²) in [5.41, 5.74) is 3.03. The van der Waals surface area contributed by atoms with Crippen LogP contribution in [0.4, 0.5) is 0 Å². The Morgan fingerprint density at radius 1 is 1.09 bits per heavy atom. The van der Waals surface area contributed by atoms with Crippen molar-refractivity contribution in [1.82, 2.24) is 4.57 Å². The molecular formula is C34H33IN2O6S. The molecule has 228 valence electrons. The molecule has 0 N–H and O–H groups in total. The van der Waals surface area contributed by atoms with Crippen molar-refractivity contribution in [2.75, 3.05) is 13.7 Å². The number of ether oxygens (including phenoxy) is 4. The van der Waals surface area contributed by atoms with E-state index in [2.05, 4.69) is 22.6 Å². The Morgan fingerprint density at radius 3 is 2.52 bits per heavy atom. The van der Waals surface area contributed by atoms with Crippen LogP contribution in [-0.4, -0.2) is 30.4 Å². The smallest absolute Gasteiger partial charge is 0.338 e. The number of aromatic nitrogens is 1. The van der Waals surface area contributed by atoms with Crippen LogP contribution >= 0.6 is 33.9 Å². The fourth-order valence-corrected chi connectivity index (χ4v) is 6.83. The summed E-state index contributed by atoms with van der Waals surface area (Å²) in [4.78, 5) is 32.6. The van der Waals surface area contributed by atoms with Gasteiger partial charge in [-0.2, -0.15) is 0 Å². The maximum absolute atomic E-state index is 14.1. The number of hydrogen-bond acceptors (Lipinski definition) is 8. The number of carbonyl (C=O) groups excluding carboxylic acids is 1. The molecule has 1 atom stereocenters. The lowest BCUT2D eigenvalue weighted by Gasteiger charge is -2.26. The Balaban J connectivity index is 1.62. The van der Waals surface area contributed by atoms with Crippen molar-refractivity contribution in [1.29, 1.82) is 0 Å². The van der Waals surface area contributed by atoms with E-state index in [0.717, 1.165) is 14.7 Å². The second-order valence-electron chi connectivity index (χ2n) is 10.3. The zero-order valence-corrected chi connectivity index (χ0v) is 28.1. The molecule has 2 heterocycles. The lowest BCUT2D eigenvalue weighted by Crippen LogP contribution is -2.40. The minimum Gasteiger partial charge on any atom is -0.493 e. The number of thiazole rings is 1. The third-order valence-electron chi connectivity index (χ3n) is 6.87. The van der Waals surface area contributed by atoms with Crippen LogP contribution in [0.15, 0.2) is 87.8 Å². The van der Waals surface area contributed by atoms with Crippen LogP contribution in [0.3, 0.4) is 0 Å². The van der Waals surface area contributed by atoms with Crippen molar-refractivity contribution < 1.29 is 23.7 Å². The van der Waals surface area contributed by atoms with Gasteiger partial charge in [0.1, 0.15) is 18.4 Å². The van der Waals surface area contributed by atoms with Gasteiger partial charge in [0.25, 0.3) is 5.56 Å². The Bertz CT molecular complexity index is 1890. The third-order valence-corrected chi connectivity index (χ3v) is 8.65. The molecule has 0 radical (unpaired) electrons. The number of halogens is 1. The predicted octanol–water partition coefficient (Wildman–Crippen LogP) is 5.78. The lowest BCUT2D eigenvalue weighted by atomic mass is 9.95. The van der Waals surface area contributed by atoms with Gasteiger partial charge < -0.3 is 18.9 Å².